The van der Waals surface area contributed by atoms with Crippen molar-refractivity contribution >= 4 is 12.1 Å². The third kappa shape index (κ3) is 3.34. The SMILES string of the molecule is COc1ccc(/C=N\N2C(=O)C(OC)C2c2ccc(OC)cc2)cc1. The molecule has 2 aromatic carbocycles. The van der Waals surface area contributed by atoms with E-state index >= 15 is 0 Å². The van der Waals surface area contributed by atoms with Gasteiger partial charge in [0.05, 0.1) is 20.4 Å². The summed E-state index contributed by atoms with van der Waals surface area (Å²) in [6.45, 7) is 0. The number of carbonyl (C=O) groups excluding carboxylic acids is 1. The second-order valence-electron chi connectivity index (χ2n) is 5.57. The monoisotopic (exact) mass is 340 g/mol. The molecule has 2 aromatic rings. The highest BCUT2D eigenvalue weighted by Gasteiger charge is 2.49. The van der Waals surface area contributed by atoms with Crippen LogP contribution >= 0.6 is 0 Å². The summed E-state index contributed by atoms with van der Waals surface area (Å²) in [6, 6.07) is 14.7. The van der Waals surface area contributed by atoms with E-state index in [1.165, 1.54) is 12.1 Å². The smallest absolute Gasteiger partial charge is 0.275 e. The molecular weight excluding hydrogens is 320 g/mol. The second-order valence-corrected chi connectivity index (χ2v) is 5.57. The number of benzene rings is 2. The number of methoxy groups -OCH3 is 3. The highest BCUT2D eigenvalue weighted by molar-refractivity contribution is 5.90. The molecule has 0 saturated carbocycles. The number of amides is 1. The quantitative estimate of drug-likeness (QED) is 0.599. The van der Waals surface area contributed by atoms with Crippen molar-refractivity contribution in [3.05, 3.63) is 59.7 Å². The van der Waals surface area contributed by atoms with Gasteiger partial charge in [-0.15, -0.1) is 0 Å². The molecule has 1 fully saturated rings. The first-order valence-electron chi connectivity index (χ1n) is 7.85. The fourth-order valence-electron chi connectivity index (χ4n) is 2.74. The summed E-state index contributed by atoms with van der Waals surface area (Å²) in [5.74, 6) is 1.37. The number of hydrogen-bond donors (Lipinski definition) is 0. The van der Waals surface area contributed by atoms with Crippen molar-refractivity contribution in [3.63, 3.8) is 0 Å². The minimum absolute atomic E-state index is 0.159. The molecule has 0 bridgehead atoms. The third-order valence-corrected chi connectivity index (χ3v) is 4.18. The Kier molecular flexibility index (Phi) is 5.00. The lowest BCUT2D eigenvalue weighted by Gasteiger charge is -2.42. The summed E-state index contributed by atoms with van der Waals surface area (Å²) in [7, 11) is 4.76. The Hall–Kier alpha value is -2.86. The predicted octanol–water partition coefficient (Wildman–Crippen LogP) is 2.64. The number of rotatable bonds is 6. The van der Waals surface area contributed by atoms with Crippen LogP contribution in [-0.2, 0) is 9.53 Å². The number of hydrogen-bond acceptors (Lipinski definition) is 5. The van der Waals surface area contributed by atoms with Crippen molar-refractivity contribution in [2.24, 2.45) is 5.10 Å². The van der Waals surface area contributed by atoms with E-state index in [4.69, 9.17) is 14.2 Å². The van der Waals surface area contributed by atoms with Gasteiger partial charge in [0.15, 0.2) is 6.10 Å². The molecule has 1 aliphatic heterocycles. The lowest BCUT2D eigenvalue weighted by atomic mass is 9.92. The topological polar surface area (TPSA) is 60.4 Å². The summed E-state index contributed by atoms with van der Waals surface area (Å²) in [6.07, 6.45) is 1.13. The number of β-lactam (4-membered cyclic amide) rings is 1. The van der Waals surface area contributed by atoms with Crippen LogP contribution in [0.5, 0.6) is 11.5 Å². The lowest BCUT2D eigenvalue weighted by Crippen LogP contribution is -2.57. The van der Waals surface area contributed by atoms with E-state index in [0.717, 1.165) is 22.6 Å². The van der Waals surface area contributed by atoms with E-state index < -0.39 is 6.10 Å². The van der Waals surface area contributed by atoms with Crippen LogP contribution in [-0.4, -0.2) is 44.6 Å². The average Bonchev–Trinajstić information content (AvgIpc) is 2.67. The van der Waals surface area contributed by atoms with Gasteiger partial charge < -0.3 is 14.2 Å². The number of hydrazone groups is 1. The first kappa shape index (κ1) is 17.0. The van der Waals surface area contributed by atoms with Crippen molar-refractivity contribution < 1.29 is 19.0 Å². The molecule has 2 atom stereocenters. The van der Waals surface area contributed by atoms with Gasteiger partial charge in [-0.05, 0) is 47.5 Å². The maximum atomic E-state index is 12.3. The molecule has 0 spiro atoms. The Bertz CT molecular complexity index is 756. The predicted molar refractivity (Wildman–Crippen MR) is 94.0 cm³/mol. The Balaban J connectivity index is 1.79. The molecule has 2 unspecified atom stereocenters. The number of ether oxygens (including phenoxy) is 3. The zero-order chi connectivity index (χ0) is 17.8. The molecule has 130 valence electrons. The molecule has 1 heterocycles. The first-order chi connectivity index (χ1) is 12.2. The van der Waals surface area contributed by atoms with Crippen LogP contribution in [0.2, 0.25) is 0 Å². The molecule has 6 heteroatoms. The highest BCUT2D eigenvalue weighted by Crippen LogP contribution is 2.37. The van der Waals surface area contributed by atoms with Gasteiger partial charge in [0.1, 0.15) is 17.5 Å². The number of nitrogens with zero attached hydrogens (tertiary/aromatic N) is 2. The second kappa shape index (κ2) is 7.36. The molecule has 0 radical (unpaired) electrons. The molecule has 0 aliphatic carbocycles. The highest BCUT2D eigenvalue weighted by atomic mass is 16.5. The minimum atomic E-state index is -0.526. The molecule has 0 N–H and O–H groups in total. The van der Waals surface area contributed by atoms with Crippen LogP contribution in [0.15, 0.2) is 53.6 Å². The van der Waals surface area contributed by atoms with E-state index in [9.17, 15) is 4.79 Å². The Morgan fingerprint density at radius 2 is 1.48 bits per heavy atom. The molecule has 1 amide bonds. The molecule has 25 heavy (non-hydrogen) atoms. The van der Waals surface area contributed by atoms with E-state index in [2.05, 4.69) is 5.10 Å². The fraction of sp³-hybridized carbons (Fsp3) is 0.263. The van der Waals surface area contributed by atoms with Crippen molar-refractivity contribution in [2.45, 2.75) is 12.1 Å². The number of carbonyl (C=O) groups is 1. The van der Waals surface area contributed by atoms with Gasteiger partial charge in [0, 0.05) is 7.11 Å². The van der Waals surface area contributed by atoms with E-state index in [0.29, 0.717) is 0 Å². The molecule has 3 rings (SSSR count). The van der Waals surface area contributed by atoms with Gasteiger partial charge in [-0.3, -0.25) is 4.79 Å². The first-order valence-corrected chi connectivity index (χ1v) is 7.85. The van der Waals surface area contributed by atoms with E-state index in [-0.39, 0.29) is 11.9 Å². The van der Waals surface area contributed by atoms with E-state index in [1.807, 2.05) is 48.5 Å². The standard InChI is InChI=1S/C19H20N2O4/c1-23-15-8-4-13(5-9-15)12-20-21-17(18(25-3)19(21)22)14-6-10-16(24-2)11-7-14/h4-12,17-18H,1-3H3/b20-12-. The normalized spacial score (nSPS) is 19.8. The average molecular weight is 340 g/mol. The zero-order valence-electron chi connectivity index (χ0n) is 14.4. The largest absolute Gasteiger partial charge is 0.497 e. The summed E-state index contributed by atoms with van der Waals surface area (Å²) >= 11 is 0. The molecule has 6 nitrogen and oxygen atoms in total. The lowest BCUT2D eigenvalue weighted by molar-refractivity contribution is -0.171. The van der Waals surface area contributed by atoms with Crippen molar-refractivity contribution in [2.75, 3.05) is 21.3 Å². The summed E-state index contributed by atoms with van der Waals surface area (Å²) in [5, 5.41) is 5.79. The molecular formula is C19H20N2O4. The van der Waals surface area contributed by atoms with E-state index in [1.54, 1.807) is 20.4 Å². The van der Waals surface area contributed by atoms with Crippen molar-refractivity contribution in [3.8, 4) is 11.5 Å². The Labute approximate surface area is 146 Å². The Morgan fingerprint density at radius 1 is 0.920 bits per heavy atom. The van der Waals surface area contributed by atoms with Gasteiger partial charge in [0.2, 0.25) is 0 Å². The van der Waals surface area contributed by atoms with Crippen LogP contribution in [0.1, 0.15) is 17.2 Å². The summed E-state index contributed by atoms with van der Waals surface area (Å²) in [5.41, 5.74) is 1.82. The van der Waals surface area contributed by atoms with Gasteiger partial charge in [-0.25, -0.2) is 5.01 Å². The van der Waals surface area contributed by atoms with Crippen molar-refractivity contribution in [1.29, 1.82) is 0 Å². The van der Waals surface area contributed by atoms with Crippen LogP contribution in [0, 0.1) is 0 Å². The minimum Gasteiger partial charge on any atom is -0.497 e. The van der Waals surface area contributed by atoms with Crippen molar-refractivity contribution in [1.82, 2.24) is 5.01 Å². The third-order valence-electron chi connectivity index (χ3n) is 4.18. The van der Waals surface area contributed by atoms with Gasteiger partial charge in [-0.2, -0.15) is 5.10 Å². The zero-order valence-corrected chi connectivity index (χ0v) is 14.4. The fourth-order valence-corrected chi connectivity index (χ4v) is 2.74. The summed E-state index contributed by atoms with van der Waals surface area (Å²) < 4.78 is 15.6. The molecule has 1 saturated heterocycles. The van der Waals surface area contributed by atoms with Crippen LogP contribution in [0.3, 0.4) is 0 Å². The summed E-state index contributed by atoms with van der Waals surface area (Å²) in [4.78, 5) is 12.3. The maximum Gasteiger partial charge on any atom is 0.275 e. The van der Waals surface area contributed by atoms with Gasteiger partial charge in [-0.1, -0.05) is 12.1 Å². The molecule has 1 aliphatic rings. The maximum absolute atomic E-state index is 12.3. The van der Waals surface area contributed by atoms with Crippen LogP contribution in [0.25, 0.3) is 0 Å². The van der Waals surface area contributed by atoms with Crippen LogP contribution < -0.4 is 9.47 Å². The van der Waals surface area contributed by atoms with Crippen LogP contribution in [0.4, 0.5) is 0 Å². The Morgan fingerprint density at radius 3 is 2.00 bits per heavy atom. The van der Waals surface area contributed by atoms with Gasteiger partial charge in [0.25, 0.3) is 5.91 Å². The molecule has 0 aromatic heterocycles. The van der Waals surface area contributed by atoms with Gasteiger partial charge >= 0.3 is 0 Å².